The zero-order chi connectivity index (χ0) is 20.2. The van der Waals surface area contributed by atoms with Crippen LogP contribution in [0.15, 0.2) is 48.8 Å². The van der Waals surface area contributed by atoms with Gasteiger partial charge in [-0.1, -0.05) is 29.8 Å². The molecule has 3 aromatic rings. The minimum atomic E-state index is -0.0800. The summed E-state index contributed by atoms with van der Waals surface area (Å²) < 4.78 is 1.89. The van der Waals surface area contributed by atoms with Crippen LogP contribution >= 0.6 is 11.6 Å². The van der Waals surface area contributed by atoms with E-state index in [4.69, 9.17) is 11.6 Å². The molecule has 0 spiro atoms. The summed E-state index contributed by atoms with van der Waals surface area (Å²) in [4.78, 5) is 19.0. The number of amides is 1. The molecule has 7 nitrogen and oxygen atoms in total. The maximum Gasteiger partial charge on any atom is 0.225 e. The fourth-order valence-corrected chi connectivity index (χ4v) is 3.81. The standard InChI is InChI=1S/C21H23ClN6O/c1-15-23-10-12-28(15)20-9-8-19(25-26-20)27-11-4-6-17(14-27)21(29)24-13-16-5-2-3-7-18(16)22/h2-3,5,7-10,12,17H,4,6,11,13-14H2,1H3,(H,24,29). The van der Waals surface area contributed by atoms with Crippen molar-refractivity contribution >= 4 is 23.3 Å². The molecule has 1 saturated heterocycles. The number of aryl methyl sites for hydroxylation is 1. The molecule has 4 rings (SSSR count). The fraction of sp³-hybridized carbons (Fsp3) is 0.333. The summed E-state index contributed by atoms with van der Waals surface area (Å²) in [6, 6.07) is 11.4. The molecule has 0 bridgehead atoms. The van der Waals surface area contributed by atoms with Gasteiger partial charge in [-0.05, 0) is 43.5 Å². The summed E-state index contributed by atoms with van der Waals surface area (Å²) in [5.74, 6) is 2.35. The molecule has 8 heteroatoms. The van der Waals surface area contributed by atoms with Gasteiger partial charge in [0.25, 0.3) is 0 Å². The molecular formula is C21H23ClN6O. The lowest BCUT2D eigenvalue weighted by Crippen LogP contribution is -2.43. The maximum atomic E-state index is 12.7. The average molecular weight is 411 g/mol. The second-order valence-corrected chi connectivity index (χ2v) is 7.60. The lowest BCUT2D eigenvalue weighted by atomic mass is 9.97. The number of halogens is 1. The van der Waals surface area contributed by atoms with Gasteiger partial charge in [0, 0.05) is 37.1 Å². The number of hydrogen-bond donors (Lipinski definition) is 1. The number of anilines is 1. The summed E-state index contributed by atoms with van der Waals surface area (Å²) in [5, 5.41) is 12.4. The van der Waals surface area contributed by atoms with Crippen LogP contribution in [0.25, 0.3) is 5.82 Å². The highest BCUT2D eigenvalue weighted by Crippen LogP contribution is 2.22. The Morgan fingerprint density at radius 3 is 2.72 bits per heavy atom. The number of aromatic nitrogens is 4. The monoisotopic (exact) mass is 410 g/mol. The predicted octanol–water partition coefficient (Wildman–Crippen LogP) is 3.16. The normalized spacial score (nSPS) is 16.6. The predicted molar refractivity (Wildman–Crippen MR) is 112 cm³/mol. The lowest BCUT2D eigenvalue weighted by molar-refractivity contribution is -0.125. The lowest BCUT2D eigenvalue weighted by Gasteiger charge is -2.32. The Bertz CT molecular complexity index is 987. The van der Waals surface area contributed by atoms with Gasteiger partial charge in [-0.2, -0.15) is 0 Å². The van der Waals surface area contributed by atoms with E-state index in [1.165, 1.54) is 0 Å². The number of carbonyl (C=O) groups is 1. The molecule has 1 atom stereocenters. The van der Waals surface area contributed by atoms with Gasteiger partial charge in [-0.15, -0.1) is 10.2 Å². The van der Waals surface area contributed by atoms with Crippen molar-refractivity contribution in [3.8, 4) is 5.82 Å². The fourth-order valence-electron chi connectivity index (χ4n) is 3.60. The SMILES string of the molecule is Cc1nccn1-c1ccc(N2CCCC(C(=O)NCc3ccccc3Cl)C2)nn1. The third-order valence-electron chi connectivity index (χ3n) is 5.24. The van der Waals surface area contributed by atoms with Gasteiger partial charge in [0.05, 0.1) is 5.92 Å². The van der Waals surface area contributed by atoms with E-state index in [-0.39, 0.29) is 11.8 Å². The summed E-state index contributed by atoms with van der Waals surface area (Å²) >= 11 is 6.18. The largest absolute Gasteiger partial charge is 0.354 e. The minimum absolute atomic E-state index is 0.0493. The number of nitrogens with zero attached hydrogens (tertiary/aromatic N) is 5. The molecule has 1 N–H and O–H groups in total. The van der Waals surface area contributed by atoms with Gasteiger partial charge in [0.1, 0.15) is 5.82 Å². The zero-order valence-corrected chi connectivity index (χ0v) is 17.0. The van der Waals surface area contributed by atoms with Gasteiger partial charge >= 0.3 is 0 Å². The Morgan fingerprint density at radius 1 is 1.21 bits per heavy atom. The van der Waals surface area contributed by atoms with Crippen molar-refractivity contribution in [2.45, 2.75) is 26.3 Å². The number of hydrogen-bond acceptors (Lipinski definition) is 5. The van der Waals surface area contributed by atoms with Crippen molar-refractivity contribution in [1.29, 1.82) is 0 Å². The molecule has 1 aromatic carbocycles. The van der Waals surface area contributed by atoms with Gasteiger partial charge in [0.15, 0.2) is 11.6 Å². The minimum Gasteiger partial charge on any atom is -0.354 e. The Balaban J connectivity index is 1.38. The van der Waals surface area contributed by atoms with Crippen LogP contribution in [0.5, 0.6) is 0 Å². The van der Waals surface area contributed by atoms with Crippen molar-refractivity contribution in [3.05, 3.63) is 65.2 Å². The van der Waals surface area contributed by atoms with Crippen molar-refractivity contribution < 1.29 is 4.79 Å². The van der Waals surface area contributed by atoms with E-state index in [9.17, 15) is 4.79 Å². The van der Waals surface area contributed by atoms with Gasteiger partial charge < -0.3 is 10.2 Å². The van der Waals surface area contributed by atoms with E-state index < -0.39 is 0 Å². The summed E-state index contributed by atoms with van der Waals surface area (Å²) in [6.07, 6.45) is 5.40. The van der Waals surface area contributed by atoms with Crippen molar-refractivity contribution in [1.82, 2.24) is 25.1 Å². The molecule has 1 aliphatic heterocycles. The molecule has 3 heterocycles. The first-order valence-electron chi connectivity index (χ1n) is 9.72. The quantitative estimate of drug-likeness (QED) is 0.699. The molecule has 0 saturated carbocycles. The number of benzene rings is 1. The third-order valence-corrected chi connectivity index (χ3v) is 5.60. The van der Waals surface area contributed by atoms with E-state index in [2.05, 4.69) is 25.4 Å². The van der Waals surface area contributed by atoms with Gasteiger partial charge in [0.2, 0.25) is 5.91 Å². The Hall–Kier alpha value is -2.93. The van der Waals surface area contributed by atoms with Crippen LogP contribution in [-0.2, 0) is 11.3 Å². The molecule has 150 valence electrons. The van der Waals surface area contributed by atoms with Crippen LogP contribution in [0.4, 0.5) is 5.82 Å². The van der Waals surface area contributed by atoms with Crippen LogP contribution in [0, 0.1) is 12.8 Å². The first-order chi connectivity index (χ1) is 14.1. The number of imidazole rings is 1. The zero-order valence-electron chi connectivity index (χ0n) is 16.3. The van der Waals surface area contributed by atoms with Crippen LogP contribution in [0.2, 0.25) is 5.02 Å². The van der Waals surface area contributed by atoms with Gasteiger partial charge in [-0.3, -0.25) is 9.36 Å². The van der Waals surface area contributed by atoms with Crippen LogP contribution < -0.4 is 10.2 Å². The number of nitrogens with one attached hydrogen (secondary N) is 1. The first-order valence-corrected chi connectivity index (χ1v) is 10.1. The van der Waals surface area contributed by atoms with E-state index in [1.54, 1.807) is 6.20 Å². The molecule has 0 radical (unpaired) electrons. The second-order valence-electron chi connectivity index (χ2n) is 7.19. The summed E-state index contributed by atoms with van der Waals surface area (Å²) in [7, 11) is 0. The highest BCUT2D eigenvalue weighted by Gasteiger charge is 2.26. The Morgan fingerprint density at radius 2 is 2.00 bits per heavy atom. The molecule has 1 fully saturated rings. The van der Waals surface area contributed by atoms with Crippen LogP contribution in [0.3, 0.4) is 0 Å². The number of rotatable bonds is 5. The molecule has 1 aliphatic rings. The van der Waals surface area contributed by atoms with E-state index in [0.717, 1.165) is 42.4 Å². The van der Waals surface area contributed by atoms with Crippen molar-refractivity contribution in [3.63, 3.8) is 0 Å². The third kappa shape index (κ3) is 4.40. The molecule has 2 aromatic heterocycles. The van der Waals surface area contributed by atoms with Crippen molar-refractivity contribution in [2.75, 3.05) is 18.0 Å². The second kappa shape index (κ2) is 8.61. The molecule has 0 aliphatic carbocycles. The van der Waals surface area contributed by atoms with Crippen molar-refractivity contribution in [2.24, 2.45) is 5.92 Å². The topological polar surface area (TPSA) is 75.9 Å². The number of piperidine rings is 1. The summed E-state index contributed by atoms with van der Waals surface area (Å²) in [6.45, 7) is 3.86. The summed E-state index contributed by atoms with van der Waals surface area (Å²) in [5.41, 5.74) is 0.923. The molecule has 29 heavy (non-hydrogen) atoms. The van der Waals surface area contributed by atoms with E-state index in [1.807, 2.05) is 54.1 Å². The molecule has 1 amide bonds. The Labute approximate surface area is 174 Å². The number of carbonyl (C=O) groups excluding carboxylic acids is 1. The highest BCUT2D eigenvalue weighted by atomic mass is 35.5. The van der Waals surface area contributed by atoms with Crippen LogP contribution in [0.1, 0.15) is 24.2 Å². The van der Waals surface area contributed by atoms with E-state index in [0.29, 0.717) is 18.1 Å². The molecular weight excluding hydrogens is 388 g/mol. The smallest absolute Gasteiger partial charge is 0.225 e. The van der Waals surface area contributed by atoms with Gasteiger partial charge in [-0.25, -0.2) is 4.98 Å². The van der Waals surface area contributed by atoms with E-state index >= 15 is 0 Å². The Kier molecular flexibility index (Phi) is 5.76. The maximum absolute atomic E-state index is 12.7. The first kappa shape index (κ1) is 19.4. The molecule has 1 unspecified atom stereocenters. The van der Waals surface area contributed by atoms with Crippen LogP contribution in [-0.4, -0.2) is 38.7 Å². The highest BCUT2D eigenvalue weighted by molar-refractivity contribution is 6.31. The average Bonchev–Trinajstić information content (AvgIpc) is 3.19.